The summed E-state index contributed by atoms with van der Waals surface area (Å²) >= 11 is 7.39. The third kappa shape index (κ3) is 5.47. The Labute approximate surface area is 173 Å². The van der Waals surface area contributed by atoms with Crippen LogP contribution < -0.4 is 14.8 Å². The molecule has 0 fully saturated rings. The minimum Gasteiger partial charge on any atom is -0.493 e. The molecule has 1 N–H and O–H groups in total. The Balaban J connectivity index is 1.52. The van der Waals surface area contributed by atoms with Crippen LogP contribution in [0.4, 0.5) is 5.13 Å². The van der Waals surface area contributed by atoms with Gasteiger partial charge in [-0.2, -0.15) is 0 Å². The van der Waals surface area contributed by atoms with Gasteiger partial charge in [0.1, 0.15) is 0 Å². The molecular formula is C21H21ClN2O3S. The number of amides is 1. The zero-order chi connectivity index (χ0) is 19.9. The molecule has 28 heavy (non-hydrogen) atoms. The molecule has 0 atom stereocenters. The number of benzene rings is 2. The van der Waals surface area contributed by atoms with Crippen molar-refractivity contribution in [2.75, 3.05) is 19.5 Å². The molecule has 7 heteroatoms. The molecule has 0 aliphatic rings. The summed E-state index contributed by atoms with van der Waals surface area (Å²) in [5, 5.41) is 4.20. The van der Waals surface area contributed by atoms with Gasteiger partial charge in [0.25, 0.3) is 0 Å². The van der Waals surface area contributed by atoms with E-state index in [0.717, 1.165) is 27.4 Å². The lowest BCUT2D eigenvalue weighted by Crippen LogP contribution is -2.12. The fourth-order valence-electron chi connectivity index (χ4n) is 2.73. The molecule has 0 radical (unpaired) electrons. The van der Waals surface area contributed by atoms with Crippen molar-refractivity contribution in [3.63, 3.8) is 0 Å². The van der Waals surface area contributed by atoms with Crippen LogP contribution >= 0.6 is 22.9 Å². The molecule has 1 amide bonds. The summed E-state index contributed by atoms with van der Waals surface area (Å²) in [5.41, 5.74) is 2.16. The van der Waals surface area contributed by atoms with Crippen molar-refractivity contribution in [3.05, 3.63) is 69.7 Å². The van der Waals surface area contributed by atoms with E-state index in [1.54, 1.807) is 20.4 Å². The van der Waals surface area contributed by atoms with Gasteiger partial charge in [-0.05, 0) is 41.8 Å². The summed E-state index contributed by atoms with van der Waals surface area (Å²) in [6.45, 7) is 0. The summed E-state index contributed by atoms with van der Waals surface area (Å²) < 4.78 is 10.5. The molecule has 0 saturated carbocycles. The van der Waals surface area contributed by atoms with Gasteiger partial charge in [-0.1, -0.05) is 29.8 Å². The zero-order valence-electron chi connectivity index (χ0n) is 15.7. The number of hydrogen-bond donors (Lipinski definition) is 1. The first-order valence-electron chi connectivity index (χ1n) is 8.77. The predicted octanol–water partition coefficient (Wildman–Crippen LogP) is 4.98. The van der Waals surface area contributed by atoms with Crippen molar-refractivity contribution >= 4 is 34.0 Å². The normalized spacial score (nSPS) is 10.5. The Hall–Kier alpha value is -2.57. The molecule has 5 nitrogen and oxygen atoms in total. The number of aryl methyl sites for hydroxylation is 1. The molecule has 0 spiro atoms. The fraction of sp³-hybridized carbons (Fsp3) is 0.238. The van der Waals surface area contributed by atoms with Gasteiger partial charge in [0.05, 0.1) is 14.2 Å². The number of ether oxygens (including phenoxy) is 2. The van der Waals surface area contributed by atoms with Crippen molar-refractivity contribution < 1.29 is 14.3 Å². The van der Waals surface area contributed by atoms with Crippen LogP contribution in [-0.4, -0.2) is 25.1 Å². The third-order valence-electron chi connectivity index (χ3n) is 4.18. The van der Waals surface area contributed by atoms with Crippen LogP contribution in [0.3, 0.4) is 0 Å². The van der Waals surface area contributed by atoms with Gasteiger partial charge in [-0.15, -0.1) is 11.3 Å². The fourth-order valence-corrected chi connectivity index (χ4v) is 3.72. The number of carbonyl (C=O) groups excluding carboxylic acids is 1. The summed E-state index contributed by atoms with van der Waals surface area (Å²) in [5.74, 6) is 1.26. The number of aromatic nitrogens is 1. The quantitative estimate of drug-likeness (QED) is 0.562. The molecule has 0 aliphatic heterocycles. The zero-order valence-corrected chi connectivity index (χ0v) is 17.3. The standard InChI is InChI=1S/C21H21ClN2O3S/c1-26-18-9-5-15(12-19(18)27-2)6-10-20(25)24-21-23-13-17(28-21)11-14-3-7-16(22)8-4-14/h3-5,7-9,12-13H,6,10-11H2,1-2H3,(H,23,24,25). The average Bonchev–Trinajstić information content (AvgIpc) is 3.14. The van der Waals surface area contributed by atoms with Crippen molar-refractivity contribution in [1.29, 1.82) is 0 Å². The van der Waals surface area contributed by atoms with E-state index in [4.69, 9.17) is 21.1 Å². The highest BCUT2D eigenvalue weighted by Crippen LogP contribution is 2.28. The molecule has 0 saturated heterocycles. The molecule has 0 bridgehead atoms. The number of nitrogens with zero attached hydrogens (tertiary/aromatic N) is 1. The van der Waals surface area contributed by atoms with Gasteiger partial charge in [-0.3, -0.25) is 4.79 Å². The minimum absolute atomic E-state index is 0.0674. The monoisotopic (exact) mass is 416 g/mol. The summed E-state index contributed by atoms with van der Waals surface area (Å²) in [6, 6.07) is 13.4. The molecule has 1 heterocycles. The van der Waals surface area contributed by atoms with E-state index in [1.165, 1.54) is 11.3 Å². The molecule has 3 rings (SSSR count). The largest absolute Gasteiger partial charge is 0.493 e. The van der Waals surface area contributed by atoms with Gasteiger partial charge >= 0.3 is 0 Å². The van der Waals surface area contributed by atoms with Crippen LogP contribution in [0.15, 0.2) is 48.7 Å². The number of carbonyl (C=O) groups is 1. The molecular weight excluding hydrogens is 396 g/mol. The van der Waals surface area contributed by atoms with Crippen molar-refractivity contribution in [2.45, 2.75) is 19.3 Å². The predicted molar refractivity (Wildman–Crippen MR) is 113 cm³/mol. The summed E-state index contributed by atoms with van der Waals surface area (Å²) in [6.07, 6.45) is 3.52. The molecule has 146 valence electrons. The van der Waals surface area contributed by atoms with E-state index in [-0.39, 0.29) is 5.91 Å². The van der Waals surface area contributed by atoms with E-state index in [1.807, 2.05) is 42.5 Å². The lowest BCUT2D eigenvalue weighted by atomic mass is 10.1. The summed E-state index contributed by atoms with van der Waals surface area (Å²) in [4.78, 5) is 17.6. The van der Waals surface area contributed by atoms with Crippen LogP contribution in [0.2, 0.25) is 5.02 Å². The average molecular weight is 417 g/mol. The Kier molecular flexibility index (Phi) is 6.90. The van der Waals surface area contributed by atoms with E-state index >= 15 is 0 Å². The Morgan fingerprint density at radius 2 is 1.79 bits per heavy atom. The van der Waals surface area contributed by atoms with Crippen molar-refractivity contribution in [2.24, 2.45) is 0 Å². The van der Waals surface area contributed by atoms with Crippen molar-refractivity contribution in [3.8, 4) is 11.5 Å². The van der Waals surface area contributed by atoms with Crippen LogP contribution in [0, 0.1) is 0 Å². The van der Waals surface area contributed by atoms with Gasteiger partial charge in [0.2, 0.25) is 5.91 Å². The second-order valence-corrected chi connectivity index (χ2v) is 7.72. The minimum atomic E-state index is -0.0674. The highest BCUT2D eigenvalue weighted by Gasteiger charge is 2.10. The van der Waals surface area contributed by atoms with E-state index in [2.05, 4.69) is 10.3 Å². The van der Waals surface area contributed by atoms with E-state index < -0.39 is 0 Å². The van der Waals surface area contributed by atoms with Crippen LogP contribution in [-0.2, 0) is 17.6 Å². The third-order valence-corrected chi connectivity index (χ3v) is 5.34. The molecule has 3 aromatic rings. The van der Waals surface area contributed by atoms with Crippen LogP contribution in [0.25, 0.3) is 0 Å². The van der Waals surface area contributed by atoms with Gasteiger partial charge < -0.3 is 14.8 Å². The second kappa shape index (κ2) is 9.57. The maximum absolute atomic E-state index is 12.3. The number of halogens is 1. The summed E-state index contributed by atoms with van der Waals surface area (Å²) in [7, 11) is 3.19. The topological polar surface area (TPSA) is 60.5 Å². The first-order chi connectivity index (χ1) is 13.6. The number of methoxy groups -OCH3 is 2. The number of hydrogen-bond acceptors (Lipinski definition) is 5. The number of nitrogens with one attached hydrogen (secondary N) is 1. The molecule has 1 aromatic heterocycles. The van der Waals surface area contributed by atoms with E-state index in [0.29, 0.717) is 29.5 Å². The maximum atomic E-state index is 12.3. The molecule has 2 aromatic carbocycles. The molecule has 0 unspecified atom stereocenters. The van der Waals surface area contributed by atoms with Gasteiger partial charge in [0.15, 0.2) is 16.6 Å². The molecule has 0 aliphatic carbocycles. The number of anilines is 1. The number of thiazole rings is 1. The van der Waals surface area contributed by atoms with Gasteiger partial charge in [0, 0.05) is 28.9 Å². The van der Waals surface area contributed by atoms with Gasteiger partial charge in [-0.25, -0.2) is 4.98 Å². The highest BCUT2D eigenvalue weighted by atomic mass is 35.5. The lowest BCUT2D eigenvalue weighted by Gasteiger charge is -2.09. The first kappa shape index (κ1) is 20.2. The Morgan fingerprint density at radius 1 is 1.07 bits per heavy atom. The maximum Gasteiger partial charge on any atom is 0.226 e. The smallest absolute Gasteiger partial charge is 0.226 e. The van der Waals surface area contributed by atoms with E-state index in [9.17, 15) is 4.79 Å². The SMILES string of the molecule is COc1ccc(CCC(=O)Nc2ncc(Cc3ccc(Cl)cc3)s2)cc1OC. The Morgan fingerprint density at radius 3 is 2.50 bits per heavy atom. The second-order valence-electron chi connectivity index (χ2n) is 6.17. The van der Waals surface area contributed by atoms with Crippen molar-refractivity contribution in [1.82, 2.24) is 4.98 Å². The first-order valence-corrected chi connectivity index (χ1v) is 9.96. The van der Waals surface area contributed by atoms with Crippen LogP contribution in [0.5, 0.6) is 11.5 Å². The Bertz CT molecular complexity index is 941. The number of rotatable bonds is 8. The highest BCUT2D eigenvalue weighted by molar-refractivity contribution is 7.15. The lowest BCUT2D eigenvalue weighted by molar-refractivity contribution is -0.116. The van der Waals surface area contributed by atoms with Crippen LogP contribution in [0.1, 0.15) is 22.4 Å².